The van der Waals surface area contributed by atoms with E-state index in [4.69, 9.17) is 0 Å². The summed E-state index contributed by atoms with van der Waals surface area (Å²) in [4.78, 5) is 4.48. The van der Waals surface area contributed by atoms with Crippen molar-refractivity contribution in [2.45, 2.75) is 25.4 Å². The Labute approximate surface area is 125 Å². The van der Waals surface area contributed by atoms with E-state index in [1.54, 1.807) is 6.20 Å². The summed E-state index contributed by atoms with van der Waals surface area (Å²) in [6, 6.07) is 20.1. The smallest absolute Gasteiger partial charge is 0.0949 e. The molecule has 0 aliphatic carbocycles. The lowest BCUT2D eigenvalue weighted by Gasteiger charge is -2.27. The van der Waals surface area contributed by atoms with Crippen LogP contribution < -0.4 is 0 Å². The first-order valence-electron chi connectivity index (χ1n) is 7.33. The Balaban J connectivity index is 2.00. The molecule has 0 spiro atoms. The fraction of sp³-hybridized carbons (Fsp3) is 0.211. The van der Waals surface area contributed by atoms with Crippen LogP contribution in [-0.2, 0) is 12.0 Å². The molecule has 0 fully saturated rings. The minimum absolute atomic E-state index is 0.602. The topological polar surface area (TPSA) is 33.1 Å². The Morgan fingerprint density at radius 2 is 1.71 bits per heavy atom. The number of para-hydroxylation sites is 1. The maximum atomic E-state index is 11.1. The third kappa shape index (κ3) is 2.81. The summed E-state index contributed by atoms with van der Waals surface area (Å²) >= 11 is 0. The Morgan fingerprint density at radius 3 is 2.48 bits per heavy atom. The van der Waals surface area contributed by atoms with Crippen LogP contribution in [-0.4, -0.2) is 10.1 Å². The molecule has 3 aromatic rings. The Hall–Kier alpha value is -2.19. The van der Waals surface area contributed by atoms with Gasteiger partial charge in [0.15, 0.2) is 0 Å². The predicted octanol–water partition coefficient (Wildman–Crippen LogP) is 4.08. The number of hydrogen-bond donors (Lipinski definition) is 1. The molecule has 1 heterocycles. The Kier molecular flexibility index (Phi) is 3.72. The van der Waals surface area contributed by atoms with Gasteiger partial charge >= 0.3 is 0 Å². The van der Waals surface area contributed by atoms with E-state index >= 15 is 0 Å². The summed E-state index contributed by atoms with van der Waals surface area (Å²) in [7, 11) is 0. The van der Waals surface area contributed by atoms with Gasteiger partial charge < -0.3 is 5.11 Å². The third-order valence-electron chi connectivity index (χ3n) is 4.05. The molecule has 0 bridgehead atoms. The zero-order chi connectivity index (χ0) is 14.7. The largest absolute Gasteiger partial charge is 0.385 e. The molecule has 1 aromatic heterocycles. The van der Waals surface area contributed by atoms with Crippen molar-refractivity contribution in [3.8, 4) is 0 Å². The van der Waals surface area contributed by atoms with Gasteiger partial charge in [-0.3, -0.25) is 4.98 Å². The maximum absolute atomic E-state index is 11.1. The standard InChI is InChI=1S/C19H19NO/c1-2-19(21,13-15-8-4-3-5-9-15)17-12-16-10-6-7-11-18(16)20-14-17/h3-12,14,21H,2,13H2,1H3. The van der Waals surface area contributed by atoms with E-state index in [2.05, 4.69) is 23.2 Å². The Morgan fingerprint density at radius 1 is 1.00 bits per heavy atom. The zero-order valence-electron chi connectivity index (χ0n) is 12.2. The van der Waals surface area contributed by atoms with Crippen molar-refractivity contribution >= 4 is 10.9 Å². The highest BCUT2D eigenvalue weighted by atomic mass is 16.3. The van der Waals surface area contributed by atoms with Crippen molar-refractivity contribution in [2.24, 2.45) is 0 Å². The highest BCUT2D eigenvalue weighted by Gasteiger charge is 2.28. The van der Waals surface area contributed by atoms with Crippen LogP contribution in [0.5, 0.6) is 0 Å². The zero-order valence-corrected chi connectivity index (χ0v) is 12.2. The van der Waals surface area contributed by atoms with Crippen molar-refractivity contribution in [2.75, 3.05) is 0 Å². The van der Waals surface area contributed by atoms with E-state index < -0.39 is 5.60 Å². The number of benzene rings is 2. The van der Waals surface area contributed by atoms with Gasteiger partial charge in [-0.05, 0) is 24.1 Å². The van der Waals surface area contributed by atoms with E-state index in [0.29, 0.717) is 12.8 Å². The van der Waals surface area contributed by atoms with E-state index in [-0.39, 0.29) is 0 Å². The second-order valence-electron chi connectivity index (χ2n) is 5.46. The van der Waals surface area contributed by atoms with Crippen LogP contribution in [0.4, 0.5) is 0 Å². The van der Waals surface area contributed by atoms with Gasteiger partial charge in [-0.25, -0.2) is 0 Å². The number of rotatable bonds is 4. The summed E-state index contributed by atoms with van der Waals surface area (Å²) in [5.74, 6) is 0. The van der Waals surface area contributed by atoms with Crippen LogP contribution in [0.25, 0.3) is 10.9 Å². The lowest BCUT2D eigenvalue weighted by atomic mass is 9.85. The first kappa shape index (κ1) is 13.8. The van der Waals surface area contributed by atoms with Crippen molar-refractivity contribution in [3.05, 3.63) is 78.0 Å². The van der Waals surface area contributed by atoms with E-state index in [0.717, 1.165) is 22.0 Å². The van der Waals surface area contributed by atoms with Gasteiger partial charge in [-0.15, -0.1) is 0 Å². The molecular formula is C19H19NO. The van der Waals surface area contributed by atoms with E-state index in [1.807, 2.05) is 49.4 Å². The molecule has 3 rings (SSSR count). The molecule has 21 heavy (non-hydrogen) atoms. The van der Waals surface area contributed by atoms with Gasteiger partial charge in [-0.2, -0.15) is 0 Å². The number of nitrogens with zero attached hydrogens (tertiary/aromatic N) is 1. The van der Waals surface area contributed by atoms with Crippen molar-refractivity contribution in [1.29, 1.82) is 0 Å². The average molecular weight is 277 g/mol. The summed E-state index contributed by atoms with van der Waals surface area (Å²) in [5, 5.41) is 12.1. The van der Waals surface area contributed by atoms with Crippen LogP contribution in [0.1, 0.15) is 24.5 Å². The molecule has 0 radical (unpaired) electrons. The molecule has 2 aromatic carbocycles. The van der Waals surface area contributed by atoms with Crippen molar-refractivity contribution in [1.82, 2.24) is 4.98 Å². The van der Waals surface area contributed by atoms with Crippen LogP contribution in [0.2, 0.25) is 0 Å². The predicted molar refractivity (Wildman–Crippen MR) is 86.1 cm³/mol. The number of pyridine rings is 1. The fourth-order valence-electron chi connectivity index (χ4n) is 2.69. The molecule has 106 valence electrons. The molecule has 1 N–H and O–H groups in total. The number of fused-ring (bicyclic) bond motifs is 1. The summed E-state index contributed by atoms with van der Waals surface area (Å²) in [6.45, 7) is 2.01. The fourth-order valence-corrected chi connectivity index (χ4v) is 2.69. The van der Waals surface area contributed by atoms with E-state index in [1.165, 1.54) is 0 Å². The quantitative estimate of drug-likeness (QED) is 0.779. The second-order valence-corrected chi connectivity index (χ2v) is 5.46. The molecule has 2 heteroatoms. The maximum Gasteiger partial charge on any atom is 0.0949 e. The van der Waals surface area contributed by atoms with Gasteiger partial charge in [0.2, 0.25) is 0 Å². The van der Waals surface area contributed by atoms with Crippen LogP contribution >= 0.6 is 0 Å². The summed E-state index contributed by atoms with van der Waals surface area (Å²) in [6.07, 6.45) is 3.06. The first-order chi connectivity index (χ1) is 10.2. The third-order valence-corrected chi connectivity index (χ3v) is 4.05. The molecule has 1 atom stereocenters. The molecular weight excluding hydrogens is 258 g/mol. The lowest BCUT2D eigenvalue weighted by Crippen LogP contribution is -2.27. The van der Waals surface area contributed by atoms with Crippen molar-refractivity contribution < 1.29 is 5.11 Å². The number of hydrogen-bond acceptors (Lipinski definition) is 2. The van der Waals surface area contributed by atoms with Gasteiger partial charge in [0.25, 0.3) is 0 Å². The highest BCUT2D eigenvalue weighted by Crippen LogP contribution is 2.30. The first-order valence-corrected chi connectivity index (χ1v) is 7.33. The molecule has 0 aliphatic rings. The number of aromatic nitrogens is 1. The van der Waals surface area contributed by atoms with Crippen LogP contribution in [0.3, 0.4) is 0 Å². The van der Waals surface area contributed by atoms with Crippen LogP contribution in [0.15, 0.2) is 66.9 Å². The van der Waals surface area contributed by atoms with Gasteiger partial charge in [0.1, 0.15) is 0 Å². The van der Waals surface area contributed by atoms with Gasteiger partial charge in [0.05, 0.1) is 11.1 Å². The lowest BCUT2D eigenvalue weighted by molar-refractivity contribution is 0.0325. The molecule has 1 unspecified atom stereocenters. The second kappa shape index (κ2) is 5.66. The average Bonchev–Trinajstić information content (AvgIpc) is 2.55. The van der Waals surface area contributed by atoms with Gasteiger partial charge in [0, 0.05) is 23.6 Å². The molecule has 2 nitrogen and oxygen atoms in total. The molecule has 0 saturated carbocycles. The minimum Gasteiger partial charge on any atom is -0.385 e. The molecule has 0 aliphatic heterocycles. The highest BCUT2D eigenvalue weighted by molar-refractivity contribution is 5.78. The Bertz CT molecular complexity index is 739. The summed E-state index contributed by atoms with van der Waals surface area (Å²) in [5.41, 5.74) is 2.10. The monoisotopic (exact) mass is 277 g/mol. The summed E-state index contributed by atoms with van der Waals surface area (Å²) < 4.78 is 0. The minimum atomic E-state index is -0.877. The van der Waals surface area contributed by atoms with Crippen LogP contribution in [0, 0.1) is 0 Å². The molecule has 0 saturated heterocycles. The van der Waals surface area contributed by atoms with Gasteiger partial charge in [-0.1, -0.05) is 55.5 Å². The van der Waals surface area contributed by atoms with Crippen molar-refractivity contribution in [3.63, 3.8) is 0 Å². The number of aliphatic hydroxyl groups is 1. The normalized spacial score (nSPS) is 14.0. The van der Waals surface area contributed by atoms with E-state index in [9.17, 15) is 5.11 Å². The molecule has 0 amide bonds. The SMILES string of the molecule is CCC(O)(Cc1ccccc1)c1cnc2ccccc2c1.